The van der Waals surface area contributed by atoms with Gasteiger partial charge in [0.1, 0.15) is 11.8 Å². The van der Waals surface area contributed by atoms with E-state index >= 15 is 0 Å². The van der Waals surface area contributed by atoms with Gasteiger partial charge in [-0.1, -0.05) is 42.5 Å². The van der Waals surface area contributed by atoms with Crippen LogP contribution in [0.2, 0.25) is 0 Å². The van der Waals surface area contributed by atoms with E-state index < -0.39 is 5.97 Å². The number of hydrogen-bond donors (Lipinski definition) is 1. The molecule has 0 saturated carbocycles. The summed E-state index contributed by atoms with van der Waals surface area (Å²) in [5.74, 6) is -0.0229. The van der Waals surface area contributed by atoms with Crippen molar-refractivity contribution in [3.8, 4) is 11.8 Å². The second-order valence-electron chi connectivity index (χ2n) is 5.24. The van der Waals surface area contributed by atoms with E-state index in [1.807, 2.05) is 42.5 Å². The van der Waals surface area contributed by atoms with Crippen LogP contribution in [-0.4, -0.2) is 19.7 Å². The van der Waals surface area contributed by atoms with Crippen molar-refractivity contribution in [1.82, 2.24) is 0 Å². The molecule has 2 aromatic carbocycles. The minimum absolute atomic E-state index is 0.110. The standard InChI is InChI=1S/C20H20N2O3/c1-24-20(23)17(14-21)15-22-18-11-5-6-12-19(18)25-13-7-10-16-8-3-2-4-9-16/h2-6,8-9,11-12,15,22H,7,10,13H2,1H3/b17-15+. The van der Waals surface area contributed by atoms with Crippen molar-refractivity contribution in [3.63, 3.8) is 0 Å². The number of nitriles is 1. The lowest BCUT2D eigenvalue weighted by molar-refractivity contribution is -0.135. The van der Waals surface area contributed by atoms with Crippen LogP contribution < -0.4 is 10.1 Å². The Morgan fingerprint density at radius 2 is 1.88 bits per heavy atom. The summed E-state index contributed by atoms with van der Waals surface area (Å²) in [5.41, 5.74) is 1.84. The summed E-state index contributed by atoms with van der Waals surface area (Å²) in [6.07, 6.45) is 3.15. The number of nitrogens with zero attached hydrogens (tertiary/aromatic N) is 1. The topological polar surface area (TPSA) is 71.4 Å². The molecule has 0 radical (unpaired) electrons. The van der Waals surface area contributed by atoms with Gasteiger partial charge in [-0.2, -0.15) is 5.26 Å². The summed E-state index contributed by atoms with van der Waals surface area (Å²) >= 11 is 0. The van der Waals surface area contributed by atoms with Crippen molar-refractivity contribution in [2.24, 2.45) is 0 Å². The fourth-order valence-corrected chi connectivity index (χ4v) is 2.21. The lowest BCUT2D eigenvalue weighted by atomic mass is 10.1. The van der Waals surface area contributed by atoms with Gasteiger partial charge >= 0.3 is 5.97 Å². The first-order chi connectivity index (χ1) is 12.2. The molecule has 0 aromatic heterocycles. The Bertz CT molecular complexity index is 764. The summed E-state index contributed by atoms with van der Waals surface area (Å²) in [7, 11) is 1.23. The van der Waals surface area contributed by atoms with E-state index in [0.717, 1.165) is 12.8 Å². The van der Waals surface area contributed by atoms with Crippen LogP contribution in [0.15, 0.2) is 66.4 Å². The summed E-state index contributed by atoms with van der Waals surface area (Å²) in [6, 6.07) is 19.4. The Morgan fingerprint density at radius 1 is 1.16 bits per heavy atom. The molecule has 0 heterocycles. The van der Waals surface area contributed by atoms with Crippen LogP contribution in [0.3, 0.4) is 0 Å². The highest BCUT2D eigenvalue weighted by molar-refractivity contribution is 5.93. The third-order valence-electron chi connectivity index (χ3n) is 3.50. The zero-order valence-electron chi connectivity index (χ0n) is 14.1. The number of esters is 1. The van der Waals surface area contributed by atoms with Gasteiger partial charge in [-0.15, -0.1) is 0 Å². The molecule has 5 nitrogen and oxygen atoms in total. The highest BCUT2D eigenvalue weighted by Crippen LogP contribution is 2.24. The number of nitrogens with one attached hydrogen (secondary N) is 1. The van der Waals surface area contributed by atoms with Gasteiger partial charge in [-0.3, -0.25) is 0 Å². The molecule has 5 heteroatoms. The number of carbonyl (C=O) groups is 1. The number of carbonyl (C=O) groups excluding carboxylic acids is 1. The first-order valence-corrected chi connectivity index (χ1v) is 7.95. The number of methoxy groups -OCH3 is 1. The summed E-state index contributed by atoms with van der Waals surface area (Å²) in [4.78, 5) is 11.4. The maximum atomic E-state index is 11.4. The number of hydrogen-bond acceptors (Lipinski definition) is 5. The molecule has 1 N–H and O–H groups in total. The van der Waals surface area contributed by atoms with Gasteiger partial charge in [0.05, 0.1) is 19.4 Å². The van der Waals surface area contributed by atoms with Gasteiger partial charge in [0.15, 0.2) is 5.57 Å². The molecule has 0 saturated heterocycles. The average molecular weight is 336 g/mol. The van der Waals surface area contributed by atoms with Gasteiger partial charge in [-0.25, -0.2) is 4.79 Å². The Labute approximate surface area is 147 Å². The highest BCUT2D eigenvalue weighted by atomic mass is 16.5. The smallest absolute Gasteiger partial charge is 0.350 e. The molecular formula is C20H20N2O3. The molecule has 2 rings (SSSR count). The second kappa shape index (κ2) is 9.78. The van der Waals surface area contributed by atoms with Gasteiger partial charge < -0.3 is 14.8 Å². The molecule has 128 valence electrons. The molecule has 0 atom stereocenters. The van der Waals surface area contributed by atoms with E-state index in [4.69, 9.17) is 10.00 Å². The molecule has 25 heavy (non-hydrogen) atoms. The summed E-state index contributed by atoms with van der Waals surface area (Å²) in [6.45, 7) is 0.569. The second-order valence-corrected chi connectivity index (χ2v) is 5.24. The average Bonchev–Trinajstić information content (AvgIpc) is 2.67. The van der Waals surface area contributed by atoms with Gasteiger partial charge in [0, 0.05) is 6.20 Å². The van der Waals surface area contributed by atoms with Crippen molar-refractivity contribution < 1.29 is 14.3 Å². The summed E-state index contributed by atoms with van der Waals surface area (Å²) < 4.78 is 10.4. The SMILES string of the molecule is COC(=O)/C(C#N)=C/Nc1ccccc1OCCCc1ccccc1. The van der Waals surface area contributed by atoms with Crippen LogP contribution in [-0.2, 0) is 16.0 Å². The van der Waals surface area contributed by atoms with Crippen LogP contribution in [0, 0.1) is 11.3 Å². The predicted octanol–water partition coefficient (Wildman–Crippen LogP) is 3.69. The minimum Gasteiger partial charge on any atom is -0.491 e. The predicted molar refractivity (Wildman–Crippen MR) is 96.0 cm³/mol. The third-order valence-corrected chi connectivity index (χ3v) is 3.50. The molecule has 0 amide bonds. The number of ether oxygens (including phenoxy) is 2. The van der Waals surface area contributed by atoms with Crippen molar-refractivity contribution in [1.29, 1.82) is 5.26 Å². The minimum atomic E-state index is -0.684. The molecule has 0 spiro atoms. The Morgan fingerprint density at radius 3 is 2.60 bits per heavy atom. The molecule has 0 unspecified atom stereocenters. The van der Waals surface area contributed by atoms with Gasteiger partial charge in [0.2, 0.25) is 0 Å². The molecule has 0 aliphatic carbocycles. The molecule has 0 aliphatic rings. The van der Waals surface area contributed by atoms with Gasteiger partial charge in [-0.05, 0) is 30.5 Å². The molecule has 0 bridgehead atoms. The van der Waals surface area contributed by atoms with Crippen LogP contribution in [0.4, 0.5) is 5.69 Å². The van der Waals surface area contributed by atoms with Crippen molar-refractivity contribution in [2.75, 3.05) is 19.0 Å². The number of anilines is 1. The van der Waals surface area contributed by atoms with Crippen LogP contribution in [0.1, 0.15) is 12.0 Å². The zero-order valence-corrected chi connectivity index (χ0v) is 14.1. The maximum absolute atomic E-state index is 11.4. The molecule has 0 fully saturated rings. The van der Waals surface area contributed by atoms with Crippen LogP contribution in [0.25, 0.3) is 0 Å². The number of benzene rings is 2. The van der Waals surface area contributed by atoms with Crippen molar-refractivity contribution in [2.45, 2.75) is 12.8 Å². The largest absolute Gasteiger partial charge is 0.491 e. The van der Waals surface area contributed by atoms with Crippen molar-refractivity contribution >= 4 is 11.7 Å². The van der Waals surface area contributed by atoms with E-state index in [1.54, 1.807) is 6.07 Å². The van der Waals surface area contributed by atoms with Crippen molar-refractivity contribution in [3.05, 3.63) is 71.9 Å². The fraction of sp³-hybridized carbons (Fsp3) is 0.200. The molecular weight excluding hydrogens is 316 g/mol. The van der Waals surface area contributed by atoms with E-state index in [9.17, 15) is 4.79 Å². The lowest BCUT2D eigenvalue weighted by Gasteiger charge is -2.11. The van der Waals surface area contributed by atoms with Gasteiger partial charge in [0.25, 0.3) is 0 Å². The normalized spacial score (nSPS) is 10.6. The van der Waals surface area contributed by atoms with E-state index in [0.29, 0.717) is 18.0 Å². The fourth-order valence-electron chi connectivity index (χ4n) is 2.21. The van der Waals surface area contributed by atoms with E-state index in [-0.39, 0.29) is 5.57 Å². The lowest BCUT2D eigenvalue weighted by Crippen LogP contribution is -2.06. The number of para-hydroxylation sites is 2. The Hall–Kier alpha value is -3.26. The summed E-state index contributed by atoms with van der Waals surface area (Å²) in [5, 5.41) is 11.9. The third kappa shape index (κ3) is 5.70. The maximum Gasteiger partial charge on any atom is 0.350 e. The van der Waals surface area contributed by atoms with Crippen LogP contribution >= 0.6 is 0 Å². The zero-order chi connectivity index (χ0) is 17.9. The molecule has 2 aromatic rings. The first-order valence-electron chi connectivity index (χ1n) is 7.95. The number of aryl methyl sites for hydroxylation is 1. The monoisotopic (exact) mass is 336 g/mol. The quantitative estimate of drug-likeness (QED) is 0.344. The van der Waals surface area contributed by atoms with E-state index in [1.165, 1.54) is 18.9 Å². The Kier molecular flexibility index (Phi) is 7.08. The van der Waals surface area contributed by atoms with Crippen LogP contribution in [0.5, 0.6) is 5.75 Å². The Balaban J connectivity index is 1.92. The first kappa shape index (κ1) is 18.1. The highest BCUT2D eigenvalue weighted by Gasteiger charge is 2.09. The van der Waals surface area contributed by atoms with E-state index in [2.05, 4.69) is 22.2 Å². The molecule has 0 aliphatic heterocycles. The number of rotatable bonds is 8.